The second-order valence-electron chi connectivity index (χ2n) is 3.37. The van der Waals surface area contributed by atoms with E-state index >= 15 is 0 Å². The van der Waals surface area contributed by atoms with Crippen LogP contribution in [0.4, 0.5) is 13.2 Å². The Kier molecular flexibility index (Phi) is 4.53. The van der Waals surface area contributed by atoms with Crippen LogP contribution in [0.3, 0.4) is 0 Å². The normalized spacial score (nSPS) is 22.7. The Balaban J connectivity index is 2.17. The molecule has 1 heterocycles. The van der Waals surface area contributed by atoms with Crippen LogP contribution in [0.5, 0.6) is 0 Å². The summed E-state index contributed by atoms with van der Waals surface area (Å²) in [5.41, 5.74) is 0. The molecule has 0 aromatic heterocycles. The van der Waals surface area contributed by atoms with E-state index in [4.69, 9.17) is 9.47 Å². The van der Waals surface area contributed by atoms with Gasteiger partial charge in [-0.3, -0.25) is 4.79 Å². The summed E-state index contributed by atoms with van der Waals surface area (Å²) in [5.74, 6) is -0.307. The molecule has 1 atom stereocenters. The SMILES string of the molecule is O=C(CCCC(F)(F)F)C1COCCO1. The van der Waals surface area contributed by atoms with Crippen molar-refractivity contribution in [2.75, 3.05) is 19.8 Å². The van der Waals surface area contributed by atoms with Gasteiger partial charge in [-0.1, -0.05) is 0 Å². The van der Waals surface area contributed by atoms with Crippen molar-refractivity contribution in [1.82, 2.24) is 0 Å². The number of ether oxygens (including phenoxy) is 2. The Bertz CT molecular complexity index is 209. The van der Waals surface area contributed by atoms with Gasteiger partial charge in [-0.15, -0.1) is 0 Å². The van der Waals surface area contributed by atoms with E-state index in [9.17, 15) is 18.0 Å². The minimum atomic E-state index is -4.19. The quantitative estimate of drug-likeness (QED) is 0.732. The summed E-state index contributed by atoms with van der Waals surface area (Å²) >= 11 is 0. The zero-order valence-corrected chi connectivity index (χ0v) is 8.18. The van der Waals surface area contributed by atoms with Crippen molar-refractivity contribution in [1.29, 1.82) is 0 Å². The highest BCUT2D eigenvalue weighted by Crippen LogP contribution is 2.22. The van der Waals surface area contributed by atoms with E-state index in [-0.39, 0.29) is 25.2 Å². The number of alkyl halides is 3. The molecule has 1 aliphatic heterocycles. The molecule has 0 saturated carbocycles. The summed E-state index contributed by atoms with van der Waals surface area (Å²) in [6.07, 6.45) is -6.07. The van der Waals surface area contributed by atoms with Gasteiger partial charge in [0.2, 0.25) is 0 Å². The van der Waals surface area contributed by atoms with E-state index in [1.165, 1.54) is 0 Å². The number of hydrogen-bond donors (Lipinski definition) is 0. The third kappa shape index (κ3) is 5.13. The molecule has 0 aliphatic carbocycles. The second-order valence-corrected chi connectivity index (χ2v) is 3.37. The van der Waals surface area contributed by atoms with Gasteiger partial charge in [-0.25, -0.2) is 0 Å². The van der Waals surface area contributed by atoms with E-state index in [2.05, 4.69) is 0 Å². The molecule has 1 unspecified atom stereocenters. The fourth-order valence-electron chi connectivity index (χ4n) is 1.30. The maximum absolute atomic E-state index is 11.8. The fourth-order valence-corrected chi connectivity index (χ4v) is 1.30. The highest BCUT2D eigenvalue weighted by molar-refractivity contribution is 5.83. The Morgan fingerprint density at radius 3 is 2.60 bits per heavy atom. The zero-order chi connectivity index (χ0) is 11.3. The molecule has 0 bridgehead atoms. The van der Waals surface area contributed by atoms with Gasteiger partial charge in [-0.2, -0.15) is 13.2 Å². The van der Waals surface area contributed by atoms with Crippen LogP contribution in [-0.4, -0.2) is 37.9 Å². The molecule has 0 radical (unpaired) electrons. The van der Waals surface area contributed by atoms with Gasteiger partial charge in [0.15, 0.2) is 5.78 Å². The summed E-state index contributed by atoms with van der Waals surface area (Å²) in [4.78, 5) is 11.3. The van der Waals surface area contributed by atoms with E-state index in [1.54, 1.807) is 0 Å². The minimum absolute atomic E-state index is 0.104. The van der Waals surface area contributed by atoms with Crippen LogP contribution < -0.4 is 0 Å². The van der Waals surface area contributed by atoms with E-state index in [1.807, 2.05) is 0 Å². The van der Waals surface area contributed by atoms with Gasteiger partial charge in [0.25, 0.3) is 0 Å². The molecule has 1 fully saturated rings. The monoisotopic (exact) mass is 226 g/mol. The Morgan fingerprint density at radius 2 is 2.07 bits per heavy atom. The van der Waals surface area contributed by atoms with Crippen molar-refractivity contribution in [2.45, 2.75) is 31.5 Å². The minimum Gasteiger partial charge on any atom is -0.376 e. The van der Waals surface area contributed by atoms with Crippen LogP contribution in [0, 0.1) is 0 Å². The Hall–Kier alpha value is -0.620. The zero-order valence-electron chi connectivity index (χ0n) is 8.18. The van der Waals surface area contributed by atoms with Crippen LogP contribution in [0.25, 0.3) is 0 Å². The Labute approximate surface area is 85.5 Å². The number of rotatable bonds is 4. The summed E-state index contributed by atoms with van der Waals surface area (Å²) in [7, 11) is 0. The highest BCUT2D eigenvalue weighted by Gasteiger charge is 2.28. The first-order valence-corrected chi connectivity index (χ1v) is 4.78. The van der Waals surface area contributed by atoms with Crippen LogP contribution in [-0.2, 0) is 14.3 Å². The third-order valence-electron chi connectivity index (χ3n) is 2.06. The number of hydrogen-bond acceptors (Lipinski definition) is 3. The van der Waals surface area contributed by atoms with Crippen molar-refractivity contribution in [3.63, 3.8) is 0 Å². The molecule has 3 nitrogen and oxygen atoms in total. The number of Topliss-reactive ketones (excluding diaryl/α,β-unsaturated/α-hetero) is 1. The summed E-state index contributed by atoms with van der Waals surface area (Å²) in [5, 5.41) is 0. The second kappa shape index (κ2) is 5.46. The van der Waals surface area contributed by atoms with Crippen LogP contribution in [0.2, 0.25) is 0 Å². The summed E-state index contributed by atoms with van der Waals surface area (Å²) < 4.78 is 45.4. The average molecular weight is 226 g/mol. The topological polar surface area (TPSA) is 35.5 Å². The smallest absolute Gasteiger partial charge is 0.376 e. The molecule has 88 valence electrons. The third-order valence-corrected chi connectivity index (χ3v) is 2.06. The predicted octanol–water partition coefficient (Wildman–Crippen LogP) is 1.70. The van der Waals surface area contributed by atoms with E-state index < -0.39 is 18.7 Å². The first-order valence-electron chi connectivity index (χ1n) is 4.78. The standard InChI is InChI=1S/C9H13F3O3/c10-9(11,12)3-1-2-7(13)8-6-14-4-5-15-8/h8H,1-6H2. The molecule has 0 aromatic carbocycles. The van der Waals surface area contributed by atoms with Crippen LogP contribution in [0.15, 0.2) is 0 Å². The molecule has 1 saturated heterocycles. The molecular weight excluding hydrogens is 213 g/mol. The van der Waals surface area contributed by atoms with Gasteiger partial charge >= 0.3 is 6.18 Å². The molecule has 0 aromatic rings. The van der Waals surface area contributed by atoms with Gasteiger partial charge in [-0.05, 0) is 6.42 Å². The van der Waals surface area contributed by atoms with Crippen molar-refractivity contribution < 1.29 is 27.4 Å². The van der Waals surface area contributed by atoms with Gasteiger partial charge in [0.1, 0.15) is 6.10 Å². The van der Waals surface area contributed by atoms with Crippen molar-refractivity contribution in [3.05, 3.63) is 0 Å². The van der Waals surface area contributed by atoms with Crippen molar-refractivity contribution in [3.8, 4) is 0 Å². The first kappa shape index (κ1) is 12.4. The lowest BCUT2D eigenvalue weighted by Crippen LogP contribution is -2.35. The molecule has 0 spiro atoms. The maximum Gasteiger partial charge on any atom is 0.389 e. The lowest BCUT2D eigenvalue weighted by molar-refractivity contribution is -0.148. The molecule has 1 aliphatic rings. The van der Waals surface area contributed by atoms with Crippen LogP contribution >= 0.6 is 0 Å². The van der Waals surface area contributed by atoms with Crippen LogP contribution in [0.1, 0.15) is 19.3 Å². The van der Waals surface area contributed by atoms with Crippen molar-refractivity contribution >= 4 is 5.78 Å². The molecule has 0 N–H and O–H groups in total. The van der Waals surface area contributed by atoms with Gasteiger partial charge in [0, 0.05) is 12.8 Å². The molecular formula is C9H13F3O3. The number of halogens is 3. The molecule has 0 amide bonds. The average Bonchev–Trinajstić information content (AvgIpc) is 2.17. The van der Waals surface area contributed by atoms with Gasteiger partial charge < -0.3 is 9.47 Å². The Morgan fingerprint density at radius 1 is 1.33 bits per heavy atom. The largest absolute Gasteiger partial charge is 0.389 e. The molecule has 6 heteroatoms. The number of carbonyl (C=O) groups excluding carboxylic acids is 1. The summed E-state index contributed by atoms with van der Waals surface area (Å²) in [6, 6.07) is 0. The van der Waals surface area contributed by atoms with Crippen molar-refractivity contribution in [2.24, 2.45) is 0 Å². The first-order chi connectivity index (χ1) is 6.99. The lowest BCUT2D eigenvalue weighted by Gasteiger charge is -2.21. The highest BCUT2D eigenvalue weighted by atomic mass is 19.4. The van der Waals surface area contributed by atoms with E-state index in [0.29, 0.717) is 13.2 Å². The number of ketones is 1. The fraction of sp³-hybridized carbons (Fsp3) is 0.889. The molecule has 15 heavy (non-hydrogen) atoms. The lowest BCUT2D eigenvalue weighted by atomic mass is 10.1. The number of carbonyl (C=O) groups is 1. The summed E-state index contributed by atoms with van der Waals surface area (Å²) in [6.45, 7) is 0.923. The van der Waals surface area contributed by atoms with E-state index in [0.717, 1.165) is 0 Å². The predicted molar refractivity (Wildman–Crippen MR) is 45.5 cm³/mol. The van der Waals surface area contributed by atoms with Gasteiger partial charge in [0.05, 0.1) is 19.8 Å². The maximum atomic E-state index is 11.8. The molecule has 1 rings (SSSR count).